The van der Waals surface area contributed by atoms with Gasteiger partial charge in [-0.25, -0.2) is 0 Å². The van der Waals surface area contributed by atoms with Gasteiger partial charge in [-0.15, -0.1) is 6.42 Å². The maximum absolute atomic E-state index is 5.19. The van der Waals surface area contributed by atoms with Crippen LogP contribution in [0.25, 0.3) is 6.08 Å². The fourth-order valence-electron chi connectivity index (χ4n) is 1.60. The number of fused-ring (bicyclic) bond motifs is 1. The third-order valence-electron chi connectivity index (χ3n) is 2.22. The first kappa shape index (κ1) is 8.10. The van der Waals surface area contributed by atoms with Crippen LogP contribution in [0.3, 0.4) is 0 Å². The Morgan fingerprint density at radius 1 is 1.38 bits per heavy atom. The fourth-order valence-corrected chi connectivity index (χ4v) is 1.60. The molecule has 1 aromatic rings. The van der Waals surface area contributed by atoms with Crippen LogP contribution < -0.4 is 5.32 Å². The molecule has 1 atom stereocenters. The molecular weight excluding hydrogens is 158 g/mol. The average molecular weight is 169 g/mol. The summed E-state index contributed by atoms with van der Waals surface area (Å²) >= 11 is 0. The lowest BCUT2D eigenvalue weighted by Crippen LogP contribution is -2.18. The fraction of sp³-hybridized carbons (Fsp3) is 0.167. The second-order valence-electron chi connectivity index (χ2n) is 3.05. The molecule has 0 fully saturated rings. The quantitative estimate of drug-likeness (QED) is 0.667. The van der Waals surface area contributed by atoms with E-state index in [0.717, 1.165) is 0 Å². The van der Waals surface area contributed by atoms with E-state index in [2.05, 4.69) is 41.6 Å². The number of terminal acetylenes is 1. The summed E-state index contributed by atoms with van der Waals surface area (Å²) in [5.41, 5.74) is 2.61. The van der Waals surface area contributed by atoms with Crippen LogP contribution >= 0.6 is 0 Å². The maximum Gasteiger partial charge on any atom is 0.0580 e. The van der Waals surface area contributed by atoms with E-state index >= 15 is 0 Å². The molecule has 13 heavy (non-hydrogen) atoms. The summed E-state index contributed by atoms with van der Waals surface area (Å²) < 4.78 is 0. The Balaban J connectivity index is 2.19. The van der Waals surface area contributed by atoms with E-state index in [0.29, 0.717) is 12.6 Å². The van der Waals surface area contributed by atoms with Crippen molar-refractivity contribution in [1.82, 2.24) is 5.32 Å². The first-order valence-corrected chi connectivity index (χ1v) is 4.36. The van der Waals surface area contributed by atoms with Gasteiger partial charge in [0.25, 0.3) is 0 Å². The molecule has 0 bridgehead atoms. The van der Waals surface area contributed by atoms with Crippen LogP contribution in [-0.2, 0) is 0 Å². The Bertz CT molecular complexity index is 371. The third-order valence-corrected chi connectivity index (χ3v) is 2.22. The van der Waals surface area contributed by atoms with Gasteiger partial charge in [0.15, 0.2) is 0 Å². The molecule has 1 heteroatoms. The highest BCUT2D eigenvalue weighted by Gasteiger charge is 2.14. The molecule has 0 aromatic heterocycles. The highest BCUT2D eigenvalue weighted by Crippen LogP contribution is 2.27. The second-order valence-corrected chi connectivity index (χ2v) is 3.05. The van der Waals surface area contributed by atoms with Crippen molar-refractivity contribution in [3.05, 3.63) is 41.5 Å². The van der Waals surface area contributed by atoms with Gasteiger partial charge in [0, 0.05) is 0 Å². The third kappa shape index (κ3) is 1.49. The molecule has 0 amide bonds. The molecule has 0 spiro atoms. The standard InChI is InChI=1S/C12H11N/c1-2-9-13-12-8-7-10-5-3-4-6-11(10)12/h1,3-8,12-13H,9H2. The number of rotatable bonds is 2. The van der Waals surface area contributed by atoms with Gasteiger partial charge in [-0.2, -0.15) is 0 Å². The van der Waals surface area contributed by atoms with Crippen molar-refractivity contribution in [3.63, 3.8) is 0 Å². The Kier molecular flexibility index (Phi) is 2.16. The van der Waals surface area contributed by atoms with Crippen LogP contribution in [0.2, 0.25) is 0 Å². The lowest BCUT2D eigenvalue weighted by Gasteiger charge is -2.10. The predicted octanol–water partition coefficient (Wildman–Crippen LogP) is 1.98. The highest BCUT2D eigenvalue weighted by atomic mass is 14.9. The van der Waals surface area contributed by atoms with Crippen LogP contribution in [0.4, 0.5) is 0 Å². The molecule has 0 aliphatic heterocycles. The minimum absolute atomic E-state index is 0.298. The summed E-state index contributed by atoms with van der Waals surface area (Å²) in [6.07, 6.45) is 9.46. The normalized spacial score (nSPS) is 18.2. The Morgan fingerprint density at radius 3 is 3.08 bits per heavy atom. The van der Waals surface area contributed by atoms with Crippen LogP contribution in [0, 0.1) is 12.3 Å². The van der Waals surface area contributed by atoms with Gasteiger partial charge in [0.1, 0.15) is 0 Å². The van der Waals surface area contributed by atoms with Gasteiger partial charge in [-0.05, 0) is 11.1 Å². The predicted molar refractivity (Wildman–Crippen MR) is 55.1 cm³/mol. The molecule has 2 rings (SSSR count). The molecule has 1 nitrogen and oxygen atoms in total. The van der Waals surface area contributed by atoms with E-state index in [1.165, 1.54) is 11.1 Å². The summed E-state index contributed by atoms with van der Waals surface area (Å²) in [4.78, 5) is 0. The molecule has 64 valence electrons. The zero-order chi connectivity index (χ0) is 9.10. The highest BCUT2D eigenvalue weighted by molar-refractivity contribution is 5.61. The minimum atomic E-state index is 0.298. The smallest absolute Gasteiger partial charge is 0.0580 e. The van der Waals surface area contributed by atoms with Crippen molar-refractivity contribution < 1.29 is 0 Å². The molecular formula is C12H11N. The van der Waals surface area contributed by atoms with Gasteiger partial charge in [0.2, 0.25) is 0 Å². The first-order chi connectivity index (χ1) is 6.42. The molecule has 0 saturated heterocycles. The summed E-state index contributed by atoms with van der Waals surface area (Å²) in [7, 11) is 0. The number of hydrogen-bond acceptors (Lipinski definition) is 1. The van der Waals surface area contributed by atoms with Crippen LogP contribution in [0.1, 0.15) is 17.2 Å². The van der Waals surface area contributed by atoms with Crippen molar-refractivity contribution in [2.45, 2.75) is 6.04 Å². The van der Waals surface area contributed by atoms with Gasteiger partial charge in [0.05, 0.1) is 12.6 Å². The van der Waals surface area contributed by atoms with Crippen LogP contribution in [0.15, 0.2) is 30.3 Å². The van der Waals surface area contributed by atoms with E-state index in [4.69, 9.17) is 6.42 Å². The second kappa shape index (κ2) is 3.47. The van der Waals surface area contributed by atoms with Crippen molar-refractivity contribution in [1.29, 1.82) is 0 Å². The van der Waals surface area contributed by atoms with E-state index in [1.54, 1.807) is 0 Å². The zero-order valence-corrected chi connectivity index (χ0v) is 7.33. The first-order valence-electron chi connectivity index (χ1n) is 4.36. The van der Waals surface area contributed by atoms with Crippen molar-refractivity contribution in [2.75, 3.05) is 6.54 Å². The molecule has 1 unspecified atom stereocenters. The maximum atomic E-state index is 5.19. The molecule has 0 heterocycles. The Hall–Kier alpha value is -1.52. The molecule has 0 radical (unpaired) electrons. The van der Waals surface area contributed by atoms with E-state index < -0.39 is 0 Å². The van der Waals surface area contributed by atoms with Crippen molar-refractivity contribution in [2.24, 2.45) is 0 Å². The van der Waals surface area contributed by atoms with Crippen molar-refractivity contribution in [3.8, 4) is 12.3 Å². The summed E-state index contributed by atoms with van der Waals surface area (Å²) in [5, 5.41) is 3.26. The number of hydrogen-bond donors (Lipinski definition) is 1. The summed E-state index contributed by atoms with van der Waals surface area (Å²) in [5.74, 6) is 2.58. The lowest BCUT2D eigenvalue weighted by molar-refractivity contribution is 0.688. The SMILES string of the molecule is C#CCNC1C=Cc2ccccc21. The molecule has 0 saturated carbocycles. The van der Waals surface area contributed by atoms with Crippen LogP contribution in [-0.4, -0.2) is 6.54 Å². The number of benzene rings is 1. The van der Waals surface area contributed by atoms with E-state index in [1.807, 2.05) is 6.07 Å². The number of nitrogens with one attached hydrogen (secondary N) is 1. The largest absolute Gasteiger partial charge is 0.296 e. The Labute approximate surface area is 78.5 Å². The Morgan fingerprint density at radius 2 is 2.23 bits per heavy atom. The topological polar surface area (TPSA) is 12.0 Å². The van der Waals surface area contributed by atoms with Gasteiger partial charge >= 0.3 is 0 Å². The van der Waals surface area contributed by atoms with E-state index in [-0.39, 0.29) is 0 Å². The average Bonchev–Trinajstić information content (AvgIpc) is 2.58. The van der Waals surface area contributed by atoms with Crippen molar-refractivity contribution >= 4 is 6.08 Å². The minimum Gasteiger partial charge on any atom is -0.296 e. The van der Waals surface area contributed by atoms with Gasteiger partial charge in [-0.1, -0.05) is 42.3 Å². The van der Waals surface area contributed by atoms with Gasteiger partial charge in [-0.3, -0.25) is 5.32 Å². The molecule has 1 aliphatic rings. The van der Waals surface area contributed by atoms with Gasteiger partial charge < -0.3 is 0 Å². The monoisotopic (exact) mass is 169 g/mol. The zero-order valence-electron chi connectivity index (χ0n) is 7.33. The molecule has 1 N–H and O–H groups in total. The van der Waals surface area contributed by atoms with Crippen LogP contribution in [0.5, 0.6) is 0 Å². The molecule has 1 aliphatic carbocycles. The molecule has 1 aromatic carbocycles. The summed E-state index contributed by atoms with van der Waals surface area (Å²) in [6.45, 7) is 0.614. The van der Waals surface area contributed by atoms with E-state index in [9.17, 15) is 0 Å². The summed E-state index contributed by atoms with van der Waals surface area (Å²) in [6, 6.07) is 8.64. The lowest BCUT2D eigenvalue weighted by atomic mass is 10.1.